The van der Waals surface area contributed by atoms with Gasteiger partial charge >= 0.3 is 23.9 Å². The second-order valence-corrected chi connectivity index (χ2v) is 13.3. The highest BCUT2D eigenvalue weighted by Crippen LogP contribution is 2.71. The molecular weight excluding hydrogens is 548 g/mol. The first-order valence-corrected chi connectivity index (χ1v) is 14.1. The molecule has 0 aromatic carbocycles. The van der Waals surface area contributed by atoms with Crippen LogP contribution in [-0.4, -0.2) is 59.2 Å². The van der Waals surface area contributed by atoms with Crippen LogP contribution in [0.3, 0.4) is 0 Å². The molecule has 5 rings (SSSR count). The molecule has 2 bridgehead atoms. The van der Waals surface area contributed by atoms with E-state index in [1.54, 1.807) is 26.8 Å². The van der Waals surface area contributed by atoms with Gasteiger partial charge in [0.15, 0.2) is 11.9 Å². The average molecular weight is 587 g/mol. The van der Waals surface area contributed by atoms with Gasteiger partial charge in [-0.05, 0) is 30.4 Å². The van der Waals surface area contributed by atoms with Crippen molar-refractivity contribution in [1.29, 1.82) is 0 Å². The molecule has 228 valence electrons. The van der Waals surface area contributed by atoms with Crippen molar-refractivity contribution in [3.63, 3.8) is 0 Å². The number of carbonyl (C=O) groups excluding carboxylic acids is 5. The zero-order chi connectivity index (χ0) is 31.0. The summed E-state index contributed by atoms with van der Waals surface area (Å²) in [5, 5.41) is 13.0. The fourth-order valence-corrected chi connectivity index (χ4v) is 9.13. The van der Waals surface area contributed by atoms with Crippen LogP contribution in [0.25, 0.3) is 0 Å². The van der Waals surface area contributed by atoms with Gasteiger partial charge in [-0.1, -0.05) is 27.7 Å². The van der Waals surface area contributed by atoms with Crippen LogP contribution in [0.2, 0.25) is 0 Å². The predicted octanol–water partition coefficient (Wildman–Crippen LogP) is 3.38. The Morgan fingerprint density at radius 1 is 1.10 bits per heavy atom. The summed E-state index contributed by atoms with van der Waals surface area (Å²) in [4.78, 5) is 66.0. The molecule has 4 aliphatic rings. The van der Waals surface area contributed by atoms with E-state index >= 15 is 0 Å². The van der Waals surface area contributed by atoms with Crippen molar-refractivity contribution in [1.82, 2.24) is 0 Å². The van der Waals surface area contributed by atoms with Crippen LogP contribution in [0.1, 0.15) is 78.9 Å². The van der Waals surface area contributed by atoms with Crippen molar-refractivity contribution in [2.75, 3.05) is 7.11 Å². The summed E-state index contributed by atoms with van der Waals surface area (Å²) >= 11 is 0. The number of Topliss-reactive ketones (excluding diaryl/α,β-unsaturated/α-hetero) is 1. The molecule has 0 radical (unpaired) electrons. The number of rotatable bonds is 5. The van der Waals surface area contributed by atoms with E-state index in [1.165, 1.54) is 32.6 Å². The van der Waals surface area contributed by atoms with Crippen LogP contribution in [0.4, 0.5) is 0 Å². The lowest BCUT2D eigenvalue weighted by molar-refractivity contribution is -0.278. The zero-order valence-electron chi connectivity index (χ0n) is 25.0. The SMILES string of the molecule is COC(=O)CC1C(C)(C)C(OC(C)=O)C2(OC(C)=O)CC3(O)C4=CC(=O)OC(c5ccoc5)C4(C)CCC3C1(C)C2=O. The van der Waals surface area contributed by atoms with Gasteiger partial charge in [-0.3, -0.25) is 19.2 Å². The van der Waals surface area contributed by atoms with E-state index in [1.807, 2.05) is 6.92 Å². The summed E-state index contributed by atoms with van der Waals surface area (Å²) < 4.78 is 27.8. The van der Waals surface area contributed by atoms with Gasteiger partial charge in [0.2, 0.25) is 5.60 Å². The first kappa shape index (κ1) is 30.0. The molecule has 1 aromatic heterocycles. The number of furan rings is 1. The molecule has 2 heterocycles. The molecule has 0 saturated heterocycles. The molecule has 3 saturated carbocycles. The average Bonchev–Trinajstić information content (AvgIpc) is 3.42. The number of aliphatic hydroxyl groups is 1. The fourth-order valence-electron chi connectivity index (χ4n) is 9.13. The monoisotopic (exact) mass is 586 g/mol. The van der Waals surface area contributed by atoms with Gasteiger partial charge in [-0.2, -0.15) is 0 Å². The highest BCUT2D eigenvalue weighted by molar-refractivity contribution is 5.99. The molecule has 3 fully saturated rings. The standard InChI is InChI=1S/C31H38O11/c1-16(32)40-26-27(3,4)20(12-22(34)38-7)29(6)19-8-10-28(5)21(13-23(35)41-24(28)18-9-11-39-14-18)30(19,37)15-31(26,25(29)36)42-17(2)33/h9,11,13-14,19-20,24,26,37H,8,10,12,15H2,1-7H3. The summed E-state index contributed by atoms with van der Waals surface area (Å²) in [6, 6.07) is 1.69. The largest absolute Gasteiger partial charge is 0.472 e. The Bertz CT molecular complexity index is 1370. The third-order valence-electron chi connectivity index (χ3n) is 10.6. The minimum atomic E-state index is -2.11. The van der Waals surface area contributed by atoms with Crippen LogP contribution in [0.5, 0.6) is 0 Å². The number of cyclic esters (lactones) is 1. The van der Waals surface area contributed by atoms with Gasteiger partial charge in [-0.25, -0.2) is 4.79 Å². The molecule has 11 nitrogen and oxygen atoms in total. The Morgan fingerprint density at radius 3 is 2.36 bits per heavy atom. The number of methoxy groups -OCH3 is 1. The maximum atomic E-state index is 14.8. The van der Waals surface area contributed by atoms with Gasteiger partial charge in [-0.15, -0.1) is 0 Å². The van der Waals surface area contributed by atoms with Crippen LogP contribution >= 0.6 is 0 Å². The van der Waals surface area contributed by atoms with E-state index in [9.17, 15) is 29.1 Å². The molecule has 8 unspecified atom stereocenters. The minimum absolute atomic E-state index is 0.220. The third-order valence-corrected chi connectivity index (χ3v) is 10.6. The van der Waals surface area contributed by atoms with Crippen LogP contribution < -0.4 is 0 Å². The number of ketones is 1. The molecule has 0 amide bonds. The molecule has 42 heavy (non-hydrogen) atoms. The third kappa shape index (κ3) is 3.92. The van der Waals surface area contributed by atoms with Gasteiger partial charge in [0, 0.05) is 60.5 Å². The second-order valence-electron chi connectivity index (χ2n) is 13.3. The Morgan fingerprint density at radius 2 is 1.79 bits per heavy atom. The van der Waals surface area contributed by atoms with Crippen LogP contribution in [0, 0.1) is 28.1 Å². The van der Waals surface area contributed by atoms with E-state index in [4.69, 9.17) is 23.4 Å². The van der Waals surface area contributed by atoms with E-state index in [-0.39, 0.29) is 6.42 Å². The van der Waals surface area contributed by atoms with Crippen molar-refractivity contribution in [3.8, 4) is 0 Å². The summed E-state index contributed by atoms with van der Waals surface area (Å²) in [6.45, 7) is 9.41. The highest BCUT2D eigenvalue weighted by atomic mass is 16.6. The van der Waals surface area contributed by atoms with Crippen LogP contribution in [0.15, 0.2) is 34.7 Å². The summed E-state index contributed by atoms with van der Waals surface area (Å²) in [7, 11) is 1.24. The molecule has 1 aromatic rings. The van der Waals surface area contributed by atoms with E-state index < -0.39 is 87.6 Å². The molecule has 1 N–H and O–H groups in total. The van der Waals surface area contributed by atoms with Crippen molar-refractivity contribution in [2.24, 2.45) is 28.1 Å². The van der Waals surface area contributed by atoms with Crippen molar-refractivity contribution >= 4 is 29.7 Å². The smallest absolute Gasteiger partial charge is 0.331 e. The Kier molecular flexibility index (Phi) is 6.80. The minimum Gasteiger partial charge on any atom is -0.472 e. The fraction of sp³-hybridized carbons (Fsp3) is 0.645. The van der Waals surface area contributed by atoms with Gasteiger partial charge in [0.1, 0.15) is 6.10 Å². The summed E-state index contributed by atoms with van der Waals surface area (Å²) in [6.07, 6.45) is 2.14. The number of fused-ring (bicyclic) bond motifs is 6. The normalized spacial score (nSPS) is 40.0. The maximum absolute atomic E-state index is 14.8. The zero-order valence-corrected chi connectivity index (χ0v) is 25.0. The molecule has 0 spiro atoms. The summed E-state index contributed by atoms with van der Waals surface area (Å²) in [5.74, 6) is -4.93. The first-order valence-electron chi connectivity index (χ1n) is 14.1. The number of esters is 4. The number of carbonyl (C=O) groups is 5. The van der Waals surface area contributed by atoms with Gasteiger partial charge in [0.05, 0.1) is 25.2 Å². The molecule has 8 atom stereocenters. The summed E-state index contributed by atoms with van der Waals surface area (Å²) in [5.41, 5.74) is -6.55. The van der Waals surface area contributed by atoms with Gasteiger partial charge < -0.3 is 28.5 Å². The number of hydrogen-bond donors (Lipinski definition) is 1. The molecule has 1 aliphatic heterocycles. The lowest BCUT2D eigenvalue weighted by Crippen LogP contribution is -2.80. The number of ether oxygens (including phenoxy) is 4. The van der Waals surface area contributed by atoms with E-state index in [0.717, 1.165) is 6.92 Å². The van der Waals surface area contributed by atoms with Crippen LogP contribution in [-0.2, 0) is 42.9 Å². The Labute approximate surface area is 243 Å². The molecular formula is C31H38O11. The first-order chi connectivity index (χ1) is 19.5. The second kappa shape index (κ2) is 9.52. The lowest BCUT2D eigenvalue weighted by Gasteiger charge is -2.70. The number of hydrogen-bond acceptors (Lipinski definition) is 11. The van der Waals surface area contributed by atoms with Crippen molar-refractivity contribution in [3.05, 3.63) is 35.8 Å². The Balaban J connectivity index is 1.79. The van der Waals surface area contributed by atoms with Crippen molar-refractivity contribution < 1.29 is 52.4 Å². The maximum Gasteiger partial charge on any atom is 0.331 e. The lowest BCUT2D eigenvalue weighted by atomic mass is 9.36. The quantitative estimate of drug-likeness (QED) is 0.399. The topological polar surface area (TPSA) is 156 Å². The van der Waals surface area contributed by atoms with E-state index in [2.05, 4.69) is 0 Å². The predicted molar refractivity (Wildman–Crippen MR) is 143 cm³/mol. The molecule has 3 aliphatic carbocycles. The molecule has 11 heteroatoms. The van der Waals surface area contributed by atoms with Gasteiger partial charge in [0.25, 0.3) is 0 Å². The van der Waals surface area contributed by atoms with E-state index in [0.29, 0.717) is 24.0 Å². The van der Waals surface area contributed by atoms with Crippen molar-refractivity contribution in [2.45, 2.75) is 90.6 Å². The highest BCUT2D eigenvalue weighted by Gasteiger charge is 2.80. The Hall–Kier alpha value is -3.47.